The van der Waals surface area contributed by atoms with Gasteiger partial charge in [0.1, 0.15) is 23.1 Å². The van der Waals surface area contributed by atoms with E-state index in [1.54, 1.807) is 30.3 Å². The lowest BCUT2D eigenvalue weighted by atomic mass is 9.95. The molecule has 0 radical (unpaired) electrons. The summed E-state index contributed by atoms with van der Waals surface area (Å²) in [6.45, 7) is 2.46. The van der Waals surface area contributed by atoms with E-state index in [4.69, 9.17) is 9.47 Å². The number of likely N-dealkylation sites (tertiary alicyclic amines) is 1. The molecule has 3 aromatic rings. The quantitative estimate of drug-likeness (QED) is 0.309. The van der Waals surface area contributed by atoms with Gasteiger partial charge in [-0.15, -0.1) is 0 Å². The number of halogens is 1. The fourth-order valence-corrected chi connectivity index (χ4v) is 4.08. The number of methoxy groups -OCH3 is 1. The van der Waals surface area contributed by atoms with E-state index >= 15 is 0 Å². The number of aliphatic hydroxyl groups excluding tert-OH is 1. The average Bonchev–Trinajstić information content (AvgIpc) is 3.10. The molecule has 0 saturated carbocycles. The van der Waals surface area contributed by atoms with E-state index in [2.05, 4.69) is 0 Å². The lowest BCUT2D eigenvalue weighted by Crippen LogP contribution is -2.29. The van der Waals surface area contributed by atoms with Gasteiger partial charge in [-0.25, -0.2) is 4.39 Å². The van der Waals surface area contributed by atoms with Crippen molar-refractivity contribution in [3.63, 3.8) is 0 Å². The van der Waals surface area contributed by atoms with E-state index < -0.39 is 23.5 Å². The molecule has 1 fully saturated rings. The van der Waals surface area contributed by atoms with Crippen LogP contribution in [0.4, 0.5) is 4.39 Å². The lowest BCUT2D eigenvalue weighted by molar-refractivity contribution is -0.140. The molecule has 1 aliphatic rings. The molecule has 0 spiro atoms. The summed E-state index contributed by atoms with van der Waals surface area (Å²) in [6.07, 6.45) is 0. The van der Waals surface area contributed by atoms with Crippen LogP contribution in [0.25, 0.3) is 5.76 Å². The van der Waals surface area contributed by atoms with Gasteiger partial charge in [0.25, 0.3) is 11.7 Å². The highest BCUT2D eigenvalue weighted by Crippen LogP contribution is 2.41. The number of Topliss-reactive ketones (excluding diaryl/α,β-unsaturated/α-hetero) is 1. The first kappa shape index (κ1) is 23.0. The summed E-state index contributed by atoms with van der Waals surface area (Å²) < 4.78 is 24.4. The molecule has 1 heterocycles. The number of carbonyl (C=O) groups excluding carboxylic acids is 2. The van der Waals surface area contributed by atoms with Crippen LogP contribution in [0.2, 0.25) is 0 Å². The van der Waals surface area contributed by atoms with Crippen molar-refractivity contribution >= 4 is 17.4 Å². The molecule has 1 N–H and O–H groups in total. The number of hydrogen-bond donors (Lipinski definition) is 1. The Morgan fingerprint density at radius 3 is 2.32 bits per heavy atom. The second kappa shape index (κ2) is 9.79. The lowest BCUT2D eigenvalue weighted by Gasteiger charge is -2.26. The normalized spacial score (nSPS) is 17.1. The van der Waals surface area contributed by atoms with Gasteiger partial charge in [-0.05, 0) is 55.0 Å². The number of ketones is 1. The van der Waals surface area contributed by atoms with E-state index in [0.29, 0.717) is 29.2 Å². The second-order valence-corrected chi connectivity index (χ2v) is 7.75. The van der Waals surface area contributed by atoms with E-state index in [1.165, 1.54) is 36.3 Å². The van der Waals surface area contributed by atoms with Gasteiger partial charge in [-0.1, -0.05) is 30.3 Å². The number of ether oxygens (including phenoxy) is 2. The van der Waals surface area contributed by atoms with Crippen LogP contribution in [-0.4, -0.2) is 35.4 Å². The molecule has 1 aliphatic heterocycles. The first-order valence-corrected chi connectivity index (χ1v) is 10.8. The highest BCUT2D eigenvalue weighted by atomic mass is 19.1. The fourth-order valence-electron chi connectivity index (χ4n) is 4.08. The summed E-state index contributed by atoms with van der Waals surface area (Å²) in [4.78, 5) is 27.7. The molecule has 0 aromatic heterocycles. The molecule has 0 bridgehead atoms. The van der Waals surface area contributed by atoms with Gasteiger partial charge >= 0.3 is 0 Å². The molecule has 1 unspecified atom stereocenters. The Kier molecular flexibility index (Phi) is 6.63. The molecule has 7 heteroatoms. The van der Waals surface area contributed by atoms with Crippen LogP contribution >= 0.6 is 0 Å². The fraction of sp³-hybridized carbons (Fsp3) is 0.185. The van der Waals surface area contributed by atoms with Crippen LogP contribution in [0.15, 0.2) is 78.4 Å². The van der Waals surface area contributed by atoms with Crippen molar-refractivity contribution < 1.29 is 28.6 Å². The van der Waals surface area contributed by atoms with Crippen molar-refractivity contribution in [2.45, 2.75) is 19.5 Å². The first-order valence-electron chi connectivity index (χ1n) is 10.8. The molecule has 1 amide bonds. The molecule has 1 atom stereocenters. The average molecular weight is 461 g/mol. The van der Waals surface area contributed by atoms with E-state index in [0.717, 1.165) is 0 Å². The minimum atomic E-state index is -0.856. The largest absolute Gasteiger partial charge is 0.507 e. The Morgan fingerprint density at radius 1 is 1.00 bits per heavy atom. The van der Waals surface area contributed by atoms with E-state index in [1.807, 2.05) is 25.1 Å². The monoisotopic (exact) mass is 461 g/mol. The molecule has 6 nitrogen and oxygen atoms in total. The zero-order chi connectivity index (χ0) is 24.2. The van der Waals surface area contributed by atoms with Gasteiger partial charge in [0.15, 0.2) is 0 Å². The van der Waals surface area contributed by atoms with Crippen LogP contribution in [0.3, 0.4) is 0 Å². The third-order valence-corrected chi connectivity index (χ3v) is 5.70. The summed E-state index contributed by atoms with van der Waals surface area (Å²) in [5, 5.41) is 11.1. The SMILES string of the molecule is CCOc1ccc(C2/C(=C(\O)c3ccc(F)cc3)C(=O)C(=O)N2Cc2ccccc2OC)cc1. The topological polar surface area (TPSA) is 76.1 Å². The zero-order valence-corrected chi connectivity index (χ0v) is 18.8. The number of benzene rings is 3. The highest BCUT2D eigenvalue weighted by Gasteiger charge is 2.46. The Hall–Kier alpha value is -4.13. The number of rotatable bonds is 7. The Bertz CT molecular complexity index is 1230. The van der Waals surface area contributed by atoms with Crippen LogP contribution in [0.1, 0.15) is 29.7 Å². The van der Waals surface area contributed by atoms with Gasteiger partial charge < -0.3 is 19.5 Å². The minimum Gasteiger partial charge on any atom is -0.507 e. The van der Waals surface area contributed by atoms with Gasteiger partial charge in [0.05, 0.1) is 31.9 Å². The van der Waals surface area contributed by atoms with Crippen LogP contribution in [-0.2, 0) is 16.1 Å². The van der Waals surface area contributed by atoms with Crippen LogP contribution in [0.5, 0.6) is 11.5 Å². The summed E-state index contributed by atoms with van der Waals surface area (Å²) in [5.41, 5.74) is 1.52. The molecule has 4 rings (SSSR count). The number of nitrogens with zero attached hydrogens (tertiary/aromatic N) is 1. The molecule has 3 aromatic carbocycles. The maximum absolute atomic E-state index is 13.4. The van der Waals surface area contributed by atoms with Gasteiger partial charge in [-0.3, -0.25) is 9.59 Å². The first-order chi connectivity index (χ1) is 16.4. The van der Waals surface area contributed by atoms with Gasteiger partial charge in [-0.2, -0.15) is 0 Å². The molecule has 34 heavy (non-hydrogen) atoms. The third-order valence-electron chi connectivity index (χ3n) is 5.70. The molecular formula is C27H24FNO5. The van der Waals surface area contributed by atoms with Gasteiger partial charge in [0.2, 0.25) is 0 Å². The number of carbonyl (C=O) groups is 2. The van der Waals surface area contributed by atoms with Gasteiger partial charge in [0, 0.05) is 11.1 Å². The maximum atomic E-state index is 13.4. The number of hydrogen-bond acceptors (Lipinski definition) is 5. The van der Waals surface area contributed by atoms with E-state index in [-0.39, 0.29) is 23.4 Å². The standard InChI is InChI=1S/C27H24FNO5/c1-3-34-21-14-10-17(11-15-21)24-23(25(30)18-8-12-20(28)13-9-18)26(31)27(32)29(24)16-19-6-4-5-7-22(19)33-2/h4-15,24,30H,3,16H2,1-2H3/b25-23+. The van der Waals surface area contributed by atoms with E-state index in [9.17, 15) is 19.1 Å². The Labute approximate surface area is 196 Å². The van der Waals surface area contributed by atoms with Crippen molar-refractivity contribution in [1.29, 1.82) is 0 Å². The zero-order valence-electron chi connectivity index (χ0n) is 18.8. The molecule has 0 aliphatic carbocycles. The predicted octanol–water partition coefficient (Wildman–Crippen LogP) is 4.85. The molecule has 1 saturated heterocycles. The van der Waals surface area contributed by atoms with Crippen molar-refractivity contribution in [2.75, 3.05) is 13.7 Å². The van der Waals surface area contributed by atoms with Crippen molar-refractivity contribution in [3.8, 4) is 11.5 Å². The maximum Gasteiger partial charge on any atom is 0.295 e. The highest BCUT2D eigenvalue weighted by molar-refractivity contribution is 6.46. The summed E-state index contributed by atoms with van der Waals surface area (Å²) in [5.74, 6) is -1.17. The van der Waals surface area contributed by atoms with Crippen molar-refractivity contribution in [1.82, 2.24) is 4.90 Å². The summed E-state index contributed by atoms with van der Waals surface area (Å²) in [7, 11) is 1.53. The van der Waals surface area contributed by atoms with Crippen molar-refractivity contribution in [3.05, 3.63) is 101 Å². The Balaban J connectivity index is 1.84. The third kappa shape index (κ3) is 4.37. The summed E-state index contributed by atoms with van der Waals surface area (Å²) >= 11 is 0. The second-order valence-electron chi connectivity index (χ2n) is 7.75. The summed E-state index contributed by atoms with van der Waals surface area (Å²) in [6, 6.07) is 18.5. The smallest absolute Gasteiger partial charge is 0.295 e. The Morgan fingerprint density at radius 2 is 1.68 bits per heavy atom. The molecule has 174 valence electrons. The molecular weight excluding hydrogens is 437 g/mol. The van der Waals surface area contributed by atoms with Crippen molar-refractivity contribution in [2.24, 2.45) is 0 Å². The number of aliphatic hydroxyl groups is 1. The van der Waals surface area contributed by atoms with Crippen LogP contribution < -0.4 is 9.47 Å². The number of para-hydroxylation sites is 1. The minimum absolute atomic E-state index is 0.0596. The predicted molar refractivity (Wildman–Crippen MR) is 125 cm³/mol. The number of amides is 1. The van der Waals surface area contributed by atoms with Crippen LogP contribution in [0, 0.1) is 5.82 Å².